The summed E-state index contributed by atoms with van der Waals surface area (Å²) in [6.45, 7) is 7.36. The predicted molar refractivity (Wildman–Crippen MR) is 87.2 cm³/mol. The summed E-state index contributed by atoms with van der Waals surface area (Å²) >= 11 is 0. The van der Waals surface area contributed by atoms with E-state index in [2.05, 4.69) is 50.4 Å². The number of benzene rings is 1. The lowest BCUT2D eigenvalue weighted by atomic mass is 9.89. The number of carbonyl (C=O) groups excluding carboxylic acids is 1. The van der Waals surface area contributed by atoms with Crippen LogP contribution in [0.4, 0.5) is 0 Å². The molecule has 0 bridgehead atoms. The van der Waals surface area contributed by atoms with Gasteiger partial charge in [0.05, 0.1) is 12.1 Å². The van der Waals surface area contributed by atoms with E-state index in [0.29, 0.717) is 5.92 Å². The monoisotopic (exact) mass is 288 g/mol. The summed E-state index contributed by atoms with van der Waals surface area (Å²) in [5.41, 5.74) is 2.44. The standard InChI is InChI=1S/C18H28N2O/c1-5-15-10-11-19-17(12-15)18(21)20(4)14(3)16-8-6-13(2)7-9-16/h6-9,14-15,17,19H,5,10-12H2,1-4H3. The maximum atomic E-state index is 12.7. The Morgan fingerprint density at radius 3 is 2.67 bits per heavy atom. The normalized spacial score (nSPS) is 23.6. The highest BCUT2D eigenvalue weighted by molar-refractivity contribution is 5.82. The highest BCUT2D eigenvalue weighted by Gasteiger charge is 2.29. The molecule has 116 valence electrons. The molecule has 3 atom stereocenters. The smallest absolute Gasteiger partial charge is 0.239 e. The van der Waals surface area contributed by atoms with Gasteiger partial charge in [0.25, 0.3) is 0 Å². The Morgan fingerprint density at radius 1 is 1.38 bits per heavy atom. The van der Waals surface area contributed by atoms with E-state index in [1.807, 2.05) is 11.9 Å². The second kappa shape index (κ2) is 7.08. The van der Waals surface area contributed by atoms with Gasteiger partial charge in [-0.1, -0.05) is 43.2 Å². The fraction of sp³-hybridized carbons (Fsp3) is 0.611. The van der Waals surface area contributed by atoms with Crippen molar-refractivity contribution in [1.29, 1.82) is 0 Å². The zero-order valence-electron chi connectivity index (χ0n) is 13.7. The Labute approximate surface area is 128 Å². The Morgan fingerprint density at radius 2 is 2.05 bits per heavy atom. The van der Waals surface area contributed by atoms with E-state index < -0.39 is 0 Å². The molecular weight excluding hydrogens is 260 g/mol. The summed E-state index contributed by atoms with van der Waals surface area (Å²) in [7, 11) is 1.92. The topological polar surface area (TPSA) is 32.3 Å². The fourth-order valence-corrected chi connectivity index (χ4v) is 3.06. The SMILES string of the molecule is CCC1CCNC(C(=O)N(C)C(C)c2ccc(C)cc2)C1. The van der Waals surface area contributed by atoms with Gasteiger partial charge in [0.2, 0.25) is 5.91 Å². The molecule has 1 amide bonds. The van der Waals surface area contributed by atoms with Crippen LogP contribution in [0, 0.1) is 12.8 Å². The molecule has 21 heavy (non-hydrogen) atoms. The lowest BCUT2D eigenvalue weighted by Gasteiger charge is -2.34. The summed E-state index contributed by atoms with van der Waals surface area (Å²) in [5, 5.41) is 3.39. The molecule has 0 aliphatic carbocycles. The third-order valence-electron chi connectivity index (χ3n) is 4.88. The number of aryl methyl sites for hydroxylation is 1. The van der Waals surface area contributed by atoms with Crippen LogP contribution in [-0.4, -0.2) is 30.4 Å². The Kier molecular flexibility index (Phi) is 5.40. The molecule has 1 N–H and O–H groups in total. The van der Waals surface area contributed by atoms with Gasteiger partial charge in [-0.25, -0.2) is 0 Å². The van der Waals surface area contributed by atoms with Gasteiger partial charge in [-0.3, -0.25) is 4.79 Å². The molecule has 1 fully saturated rings. The molecule has 1 aliphatic rings. The van der Waals surface area contributed by atoms with Gasteiger partial charge in [-0.05, 0) is 44.7 Å². The van der Waals surface area contributed by atoms with Crippen molar-refractivity contribution in [3.8, 4) is 0 Å². The van der Waals surface area contributed by atoms with Gasteiger partial charge in [-0.15, -0.1) is 0 Å². The van der Waals surface area contributed by atoms with Crippen LogP contribution < -0.4 is 5.32 Å². The summed E-state index contributed by atoms with van der Waals surface area (Å²) in [6.07, 6.45) is 3.33. The number of hydrogen-bond acceptors (Lipinski definition) is 2. The molecular formula is C18H28N2O. The molecule has 3 unspecified atom stereocenters. The molecule has 3 nitrogen and oxygen atoms in total. The minimum Gasteiger partial charge on any atom is -0.338 e. The molecule has 1 saturated heterocycles. The first-order valence-electron chi connectivity index (χ1n) is 8.09. The van der Waals surface area contributed by atoms with Gasteiger partial charge in [0.1, 0.15) is 0 Å². The van der Waals surface area contributed by atoms with E-state index in [0.717, 1.165) is 13.0 Å². The largest absolute Gasteiger partial charge is 0.338 e. The molecule has 2 rings (SSSR count). The zero-order valence-corrected chi connectivity index (χ0v) is 13.7. The molecule has 1 aromatic carbocycles. The average Bonchev–Trinajstić information content (AvgIpc) is 2.53. The number of piperidine rings is 1. The number of hydrogen-bond donors (Lipinski definition) is 1. The zero-order chi connectivity index (χ0) is 15.4. The lowest BCUT2D eigenvalue weighted by Crippen LogP contribution is -2.49. The van der Waals surface area contributed by atoms with Gasteiger partial charge >= 0.3 is 0 Å². The van der Waals surface area contributed by atoms with Gasteiger partial charge in [-0.2, -0.15) is 0 Å². The van der Waals surface area contributed by atoms with Gasteiger partial charge < -0.3 is 10.2 Å². The van der Waals surface area contributed by atoms with Crippen LogP contribution in [0.2, 0.25) is 0 Å². The molecule has 0 radical (unpaired) electrons. The summed E-state index contributed by atoms with van der Waals surface area (Å²) in [4.78, 5) is 14.6. The molecule has 1 heterocycles. The quantitative estimate of drug-likeness (QED) is 0.922. The van der Waals surface area contributed by atoms with E-state index in [1.165, 1.54) is 24.0 Å². The van der Waals surface area contributed by atoms with Crippen molar-refractivity contribution in [3.63, 3.8) is 0 Å². The van der Waals surface area contributed by atoms with E-state index in [9.17, 15) is 4.79 Å². The number of carbonyl (C=O) groups is 1. The first-order valence-corrected chi connectivity index (χ1v) is 8.09. The molecule has 0 saturated carbocycles. The number of rotatable bonds is 4. The fourth-order valence-electron chi connectivity index (χ4n) is 3.06. The van der Waals surface area contributed by atoms with Crippen molar-refractivity contribution in [2.45, 2.75) is 52.1 Å². The van der Waals surface area contributed by atoms with Crippen LogP contribution >= 0.6 is 0 Å². The second-order valence-corrected chi connectivity index (χ2v) is 6.34. The Bertz CT molecular complexity index is 469. The van der Waals surface area contributed by atoms with Crippen molar-refractivity contribution in [1.82, 2.24) is 10.2 Å². The Balaban J connectivity index is 2.02. The number of amides is 1. The number of nitrogens with zero attached hydrogens (tertiary/aromatic N) is 1. The van der Waals surface area contributed by atoms with Crippen LogP contribution in [0.25, 0.3) is 0 Å². The van der Waals surface area contributed by atoms with E-state index in [1.54, 1.807) is 0 Å². The minimum absolute atomic E-state index is 0.0124. The third kappa shape index (κ3) is 3.85. The first-order chi connectivity index (χ1) is 10.0. The first kappa shape index (κ1) is 16.0. The molecule has 3 heteroatoms. The van der Waals surface area contributed by atoms with Crippen molar-refractivity contribution in [2.24, 2.45) is 5.92 Å². The van der Waals surface area contributed by atoms with Crippen molar-refractivity contribution in [3.05, 3.63) is 35.4 Å². The molecule has 1 aromatic rings. The lowest BCUT2D eigenvalue weighted by molar-refractivity contribution is -0.135. The van der Waals surface area contributed by atoms with Crippen LogP contribution in [0.5, 0.6) is 0 Å². The maximum Gasteiger partial charge on any atom is 0.239 e. The molecule has 0 aromatic heterocycles. The summed E-state index contributed by atoms with van der Waals surface area (Å²) in [5.74, 6) is 0.907. The van der Waals surface area contributed by atoms with E-state index in [4.69, 9.17) is 0 Å². The Hall–Kier alpha value is -1.35. The number of nitrogens with one attached hydrogen (secondary N) is 1. The highest BCUT2D eigenvalue weighted by atomic mass is 16.2. The van der Waals surface area contributed by atoms with Gasteiger partial charge in [0, 0.05) is 7.05 Å². The van der Waals surface area contributed by atoms with E-state index >= 15 is 0 Å². The predicted octanol–water partition coefficient (Wildman–Crippen LogP) is 3.29. The maximum absolute atomic E-state index is 12.7. The van der Waals surface area contributed by atoms with Crippen molar-refractivity contribution < 1.29 is 4.79 Å². The highest BCUT2D eigenvalue weighted by Crippen LogP contribution is 2.24. The summed E-state index contributed by atoms with van der Waals surface area (Å²) in [6, 6.07) is 8.55. The average molecular weight is 288 g/mol. The molecule has 1 aliphatic heterocycles. The van der Waals surface area contributed by atoms with Crippen LogP contribution in [0.3, 0.4) is 0 Å². The molecule has 0 spiro atoms. The number of likely N-dealkylation sites (N-methyl/N-ethyl adjacent to an activating group) is 1. The van der Waals surface area contributed by atoms with Crippen molar-refractivity contribution in [2.75, 3.05) is 13.6 Å². The van der Waals surface area contributed by atoms with Gasteiger partial charge in [0.15, 0.2) is 0 Å². The van der Waals surface area contributed by atoms with E-state index in [-0.39, 0.29) is 18.0 Å². The van der Waals surface area contributed by atoms with Crippen LogP contribution in [-0.2, 0) is 4.79 Å². The van der Waals surface area contributed by atoms with Crippen LogP contribution in [0.15, 0.2) is 24.3 Å². The van der Waals surface area contributed by atoms with Crippen LogP contribution in [0.1, 0.15) is 50.3 Å². The van der Waals surface area contributed by atoms with Crippen molar-refractivity contribution >= 4 is 5.91 Å². The second-order valence-electron chi connectivity index (χ2n) is 6.34. The summed E-state index contributed by atoms with van der Waals surface area (Å²) < 4.78 is 0. The minimum atomic E-state index is -0.0124. The third-order valence-corrected chi connectivity index (χ3v) is 4.88.